The first-order chi connectivity index (χ1) is 20.5. The van der Waals surface area contributed by atoms with E-state index in [1.807, 2.05) is 0 Å². The molecule has 3 atom stereocenters. The van der Waals surface area contributed by atoms with Crippen molar-refractivity contribution in [1.29, 1.82) is 0 Å². The molecule has 0 spiro atoms. The lowest BCUT2D eigenvalue weighted by Gasteiger charge is -2.26. The van der Waals surface area contributed by atoms with E-state index < -0.39 is 59.3 Å². The van der Waals surface area contributed by atoms with E-state index in [0.29, 0.717) is 38.8 Å². The van der Waals surface area contributed by atoms with Crippen molar-refractivity contribution in [3.8, 4) is 0 Å². The Bertz CT molecular complexity index is 1090. The summed E-state index contributed by atoms with van der Waals surface area (Å²) in [6, 6.07) is -3.28. The summed E-state index contributed by atoms with van der Waals surface area (Å²) in [5.74, 6) is -2.00. The minimum absolute atomic E-state index is 0.147. The van der Waals surface area contributed by atoms with E-state index in [1.54, 1.807) is 41.5 Å². The molecule has 0 radical (unpaired) electrons. The average Bonchev–Trinajstić information content (AvgIpc) is 3.38. The minimum Gasteiger partial charge on any atom is -0.467 e. The normalized spacial score (nSPS) is 13.7. The number of carbonyl (C=O) groups is 5. The number of carbonyl (C=O) groups excluding carboxylic acids is 5. The summed E-state index contributed by atoms with van der Waals surface area (Å²) in [5.41, 5.74) is 9.92. The number of hydrogen-bond acceptors (Lipinski definition) is 11. The van der Waals surface area contributed by atoms with Crippen LogP contribution in [0.15, 0.2) is 12.5 Å². The minimum atomic E-state index is -1.25. The maximum atomic E-state index is 13.6. The van der Waals surface area contributed by atoms with Gasteiger partial charge in [0.25, 0.3) is 0 Å². The van der Waals surface area contributed by atoms with Crippen LogP contribution in [0, 0.1) is 0 Å². The van der Waals surface area contributed by atoms with Crippen LogP contribution in [0.4, 0.5) is 9.59 Å². The van der Waals surface area contributed by atoms with Gasteiger partial charge in [0, 0.05) is 12.6 Å². The fourth-order valence-corrected chi connectivity index (χ4v) is 3.94. The molecule has 0 aliphatic rings. The number of imidazole rings is 1. The van der Waals surface area contributed by atoms with E-state index in [2.05, 4.69) is 20.9 Å². The number of nitrogens with two attached hydrogens (primary N) is 2. The molecule has 44 heavy (non-hydrogen) atoms. The number of methoxy groups -OCH3 is 1. The topological polar surface area (TPSA) is 219 Å². The van der Waals surface area contributed by atoms with Gasteiger partial charge in [-0.25, -0.2) is 23.9 Å². The lowest BCUT2D eigenvalue weighted by molar-refractivity contribution is -0.145. The Balaban J connectivity index is 3.28. The predicted octanol–water partition coefficient (Wildman–Crippen LogP) is 1.50. The number of aromatic nitrogens is 2. The second kappa shape index (κ2) is 18.2. The van der Waals surface area contributed by atoms with Gasteiger partial charge in [-0.2, -0.15) is 0 Å². The molecular formula is C29H51N7O8. The number of nitrogens with zero attached hydrogens (tertiary/aromatic N) is 2. The van der Waals surface area contributed by atoms with Crippen LogP contribution in [-0.2, 0) is 35.0 Å². The molecule has 3 amide bonds. The number of hydrogen-bond donors (Lipinski definition) is 5. The fraction of sp³-hybridized carbons (Fsp3) is 0.724. The Kier molecular flexibility index (Phi) is 15.8. The van der Waals surface area contributed by atoms with Crippen LogP contribution in [0.2, 0.25) is 0 Å². The van der Waals surface area contributed by atoms with E-state index in [0.717, 1.165) is 4.57 Å². The summed E-state index contributed by atoms with van der Waals surface area (Å²) in [4.78, 5) is 68.7. The highest BCUT2D eigenvalue weighted by Gasteiger charge is 2.31. The largest absolute Gasteiger partial charge is 0.467 e. The van der Waals surface area contributed by atoms with Gasteiger partial charge in [-0.15, -0.1) is 0 Å². The molecule has 0 aliphatic carbocycles. The Morgan fingerprint density at radius 3 is 1.84 bits per heavy atom. The number of rotatable bonds is 16. The van der Waals surface area contributed by atoms with Gasteiger partial charge in [0.2, 0.25) is 11.8 Å². The fourth-order valence-electron chi connectivity index (χ4n) is 3.94. The molecular weight excluding hydrogens is 574 g/mol. The summed E-state index contributed by atoms with van der Waals surface area (Å²) in [6.45, 7) is 11.0. The molecule has 0 saturated carbocycles. The zero-order valence-electron chi connectivity index (χ0n) is 27.1. The lowest BCUT2D eigenvalue weighted by Crippen LogP contribution is -2.56. The van der Waals surface area contributed by atoms with Crippen LogP contribution in [0.1, 0.15) is 85.8 Å². The number of alkyl carbamates (subject to hydrolysis) is 1. The van der Waals surface area contributed by atoms with Gasteiger partial charge in [0.1, 0.15) is 35.7 Å². The van der Waals surface area contributed by atoms with Gasteiger partial charge in [-0.1, -0.05) is 0 Å². The Labute approximate surface area is 259 Å². The second-order valence-corrected chi connectivity index (χ2v) is 12.4. The summed E-state index contributed by atoms with van der Waals surface area (Å²) in [7, 11) is 1.21. The maximum Gasteiger partial charge on any atom is 0.419 e. The van der Waals surface area contributed by atoms with Crippen molar-refractivity contribution >= 4 is 30.0 Å². The van der Waals surface area contributed by atoms with Crippen molar-refractivity contribution in [2.24, 2.45) is 11.5 Å². The average molecular weight is 626 g/mol. The smallest absolute Gasteiger partial charge is 0.419 e. The first kappa shape index (κ1) is 38.3. The summed E-state index contributed by atoms with van der Waals surface area (Å²) in [6.07, 6.45) is 3.82. The van der Waals surface area contributed by atoms with Crippen LogP contribution in [-0.4, -0.2) is 89.0 Å². The summed E-state index contributed by atoms with van der Waals surface area (Å²) in [5, 5.41) is 7.90. The molecule has 0 aliphatic heterocycles. The molecule has 15 nitrogen and oxygen atoms in total. The number of amides is 3. The number of unbranched alkanes of at least 4 members (excludes halogenated alkanes) is 2. The zero-order valence-corrected chi connectivity index (χ0v) is 27.1. The lowest BCUT2D eigenvalue weighted by atomic mass is 10.1. The molecule has 1 rings (SSSR count). The Morgan fingerprint density at radius 2 is 1.32 bits per heavy atom. The predicted molar refractivity (Wildman–Crippen MR) is 162 cm³/mol. The Morgan fingerprint density at radius 1 is 0.795 bits per heavy atom. The molecule has 1 heterocycles. The first-order valence-corrected chi connectivity index (χ1v) is 14.8. The van der Waals surface area contributed by atoms with Crippen molar-refractivity contribution in [3.63, 3.8) is 0 Å². The van der Waals surface area contributed by atoms with Crippen LogP contribution in [0.25, 0.3) is 0 Å². The number of esters is 1. The third kappa shape index (κ3) is 15.1. The van der Waals surface area contributed by atoms with Crippen LogP contribution in [0.5, 0.6) is 0 Å². The standard InChI is InChI=1S/C29H51N7O8/c1-28(2,3)43-26(40)35-20(12-8-10-14-30)23(37)34-22(24(38)33-21(25(39)42-7)13-9-11-15-31)16-19-17-36(18-32-19)27(41)44-29(4,5)6/h17-18,20-22H,8-16,30-31H2,1-7H3,(H,33,38)(H,34,37)(H,35,40). The second-order valence-electron chi connectivity index (χ2n) is 12.4. The molecule has 0 fully saturated rings. The van der Waals surface area contributed by atoms with Gasteiger partial charge in [-0.05, 0) is 93.2 Å². The van der Waals surface area contributed by atoms with E-state index in [1.165, 1.54) is 19.6 Å². The Hall–Kier alpha value is -3.72. The first-order valence-electron chi connectivity index (χ1n) is 14.8. The molecule has 15 heteroatoms. The van der Waals surface area contributed by atoms with Crippen molar-refractivity contribution in [2.75, 3.05) is 20.2 Å². The summed E-state index contributed by atoms with van der Waals surface area (Å²) < 4.78 is 16.7. The van der Waals surface area contributed by atoms with Gasteiger partial charge in [-0.3, -0.25) is 9.59 Å². The van der Waals surface area contributed by atoms with E-state index in [4.69, 9.17) is 25.7 Å². The summed E-state index contributed by atoms with van der Waals surface area (Å²) >= 11 is 0. The molecule has 7 N–H and O–H groups in total. The van der Waals surface area contributed by atoms with Gasteiger partial charge < -0.3 is 41.6 Å². The highest BCUT2D eigenvalue weighted by Crippen LogP contribution is 2.12. The molecule has 0 aromatic carbocycles. The monoisotopic (exact) mass is 625 g/mol. The van der Waals surface area contributed by atoms with E-state index >= 15 is 0 Å². The molecule has 0 saturated heterocycles. The SMILES string of the molecule is COC(=O)C(CCCCN)NC(=O)C(Cc1cn(C(=O)OC(C)(C)C)cn1)NC(=O)C(CCCCN)NC(=O)OC(C)(C)C. The van der Waals surface area contributed by atoms with Crippen LogP contribution >= 0.6 is 0 Å². The third-order valence-electron chi connectivity index (χ3n) is 5.99. The number of nitrogens with one attached hydrogen (secondary N) is 3. The maximum absolute atomic E-state index is 13.6. The number of ether oxygens (including phenoxy) is 3. The highest BCUT2D eigenvalue weighted by atomic mass is 16.6. The van der Waals surface area contributed by atoms with Crippen molar-refractivity contribution in [1.82, 2.24) is 25.5 Å². The van der Waals surface area contributed by atoms with E-state index in [-0.39, 0.29) is 25.0 Å². The van der Waals surface area contributed by atoms with Gasteiger partial charge in [0.05, 0.1) is 12.8 Å². The molecule has 3 unspecified atom stereocenters. The quantitative estimate of drug-likeness (QED) is 0.101. The van der Waals surface area contributed by atoms with E-state index in [9.17, 15) is 24.0 Å². The van der Waals surface area contributed by atoms with Gasteiger partial charge in [0.15, 0.2) is 0 Å². The molecule has 1 aromatic rings. The van der Waals surface area contributed by atoms with Gasteiger partial charge >= 0.3 is 18.2 Å². The molecule has 0 bridgehead atoms. The van der Waals surface area contributed by atoms with Crippen LogP contribution < -0.4 is 27.4 Å². The van der Waals surface area contributed by atoms with Crippen molar-refractivity contribution in [2.45, 2.75) is 116 Å². The third-order valence-corrected chi connectivity index (χ3v) is 5.99. The van der Waals surface area contributed by atoms with Crippen molar-refractivity contribution < 1.29 is 38.2 Å². The van der Waals surface area contributed by atoms with Crippen molar-refractivity contribution in [3.05, 3.63) is 18.2 Å². The molecule has 250 valence electrons. The molecule has 1 aromatic heterocycles. The zero-order chi connectivity index (χ0) is 33.5. The highest BCUT2D eigenvalue weighted by molar-refractivity contribution is 5.93. The van der Waals surface area contributed by atoms with Crippen LogP contribution in [0.3, 0.4) is 0 Å².